The van der Waals surface area contributed by atoms with Gasteiger partial charge in [0.25, 0.3) is 10.0 Å². The van der Waals surface area contributed by atoms with Crippen LogP contribution in [0.3, 0.4) is 0 Å². The Kier molecular flexibility index (Phi) is 3.44. The zero-order valence-electron chi connectivity index (χ0n) is 9.62. The minimum absolute atomic E-state index is 0.0606. The highest BCUT2D eigenvalue weighted by atomic mass is 79.9. The number of fused-ring (bicyclic) bond motifs is 1. The molecule has 0 aliphatic carbocycles. The van der Waals surface area contributed by atoms with Crippen LogP contribution in [0, 0.1) is 0 Å². The van der Waals surface area contributed by atoms with Crippen molar-refractivity contribution in [1.82, 2.24) is 14.4 Å². The molecule has 3 aromatic heterocycles. The Labute approximate surface area is 131 Å². The van der Waals surface area contributed by atoms with Gasteiger partial charge in [-0.2, -0.15) is 8.42 Å². The lowest BCUT2D eigenvalue weighted by Gasteiger charge is -2.08. The highest BCUT2D eigenvalue weighted by Crippen LogP contribution is 2.29. The SMILES string of the molecule is O=S(=O)(Nc1ccncc1Br)c1c(Cl)nc2sccn12. The van der Waals surface area contributed by atoms with Gasteiger partial charge in [-0.25, -0.2) is 4.98 Å². The molecule has 0 aliphatic rings. The van der Waals surface area contributed by atoms with E-state index in [1.807, 2.05) is 0 Å². The minimum atomic E-state index is -3.85. The molecule has 0 radical (unpaired) electrons. The molecule has 0 aromatic carbocycles. The van der Waals surface area contributed by atoms with Crippen LogP contribution in [0.2, 0.25) is 5.15 Å². The van der Waals surface area contributed by atoms with Crippen molar-refractivity contribution >= 4 is 59.5 Å². The Morgan fingerprint density at radius 3 is 3.00 bits per heavy atom. The molecular formula is C10H6BrClN4O2S2. The van der Waals surface area contributed by atoms with Crippen LogP contribution in [0.5, 0.6) is 0 Å². The van der Waals surface area contributed by atoms with Crippen LogP contribution in [0.25, 0.3) is 4.96 Å². The fraction of sp³-hybridized carbons (Fsp3) is 0. The number of sulfonamides is 1. The van der Waals surface area contributed by atoms with Gasteiger partial charge in [-0.3, -0.25) is 14.1 Å². The summed E-state index contributed by atoms with van der Waals surface area (Å²) in [6.45, 7) is 0. The first kappa shape index (κ1) is 13.8. The summed E-state index contributed by atoms with van der Waals surface area (Å²) in [6.07, 6.45) is 4.59. The normalized spacial score (nSPS) is 11.9. The quantitative estimate of drug-likeness (QED) is 0.742. The topological polar surface area (TPSA) is 76.4 Å². The molecule has 3 rings (SSSR count). The predicted octanol–water partition coefficient (Wildman–Crippen LogP) is 3.01. The molecule has 0 aliphatic heterocycles. The fourth-order valence-electron chi connectivity index (χ4n) is 1.63. The summed E-state index contributed by atoms with van der Waals surface area (Å²) in [5.41, 5.74) is 0.376. The summed E-state index contributed by atoms with van der Waals surface area (Å²) in [4.78, 5) is 8.40. The first-order valence-electron chi connectivity index (χ1n) is 5.22. The highest BCUT2D eigenvalue weighted by Gasteiger charge is 2.25. The molecule has 0 bridgehead atoms. The molecule has 3 aromatic rings. The number of anilines is 1. The first-order chi connectivity index (χ1) is 9.49. The smallest absolute Gasteiger partial charge is 0.278 e. The van der Waals surface area contributed by atoms with Crippen molar-refractivity contribution < 1.29 is 8.42 Å². The third-order valence-electron chi connectivity index (χ3n) is 2.45. The van der Waals surface area contributed by atoms with Gasteiger partial charge in [-0.05, 0) is 22.0 Å². The van der Waals surface area contributed by atoms with E-state index in [9.17, 15) is 8.42 Å². The Hall–Kier alpha value is -1.16. The van der Waals surface area contributed by atoms with Crippen LogP contribution >= 0.6 is 38.9 Å². The summed E-state index contributed by atoms with van der Waals surface area (Å²) in [5, 5.41) is 1.59. The largest absolute Gasteiger partial charge is 0.281 e. The molecule has 0 fully saturated rings. The summed E-state index contributed by atoms with van der Waals surface area (Å²) >= 11 is 10.5. The van der Waals surface area contributed by atoms with Crippen LogP contribution in [0.1, 0.15) is 0 Å². The van der Waals surface area contributed by atoms with E-state index in [1.165, 1.54) is 28.1 Å². The number of hydrogen-bond donors (Lipinski definition) is 1. The van der Waals surface area contributed by atoms with Crippen molar-refractivity contribution in [3.8, 4) is 0 Å². The van der Waals surface area contributed by atoms with Gasteiger partial charge in [0.15, 0.2) is 15.1 Å². The van der Waals surface area contributed by atoms with Gasteiger partial charge in [-0.15, -0.1) is 11.3 Å². The standard InChI is InChI=1S/C10H6BrClN4O2S2/c11-6-5-13-2-1-7(6)15-20(17,18)9-8(12)14-10-16(9)3-4-19-10/h1-5H,(H,13,15). The average molecular weight is 394 g/mol. The van der Waals surface area contributed by atoms with Crippen LogP contribution < -0.4 is 4.72 Å². The Balaban J connectivity index is 2.11. The maximum atomic E-state index is 12.5. The minimum Gasteiger partial charge on any atom is -0.278 e. The molecule has 6 nitrogen and oxygen atoms in total. The monoisotopic (exact) mass is 392 g/mol. The molecule has 0 saturated heterocycles. The van der Waals surface area contributed by atoms with E-state index in [0.717, 1.165) is 0 Å². The van der Waals surface area contributed by atoms with Crippen LogP contribution in [-0.2, 0) is 10.0 Å². The average Bonchev–Trinajstić information content (AvgIpc) is 2.91. The lowest BCUT2D eigenvalue weighted by Crippen LogP contribution is -2.15. The second kappa shape index (κ2) is 4.99. The van der Waals surface area contributed by atoms with E-state index in [-0.39, 0.29) is 10.2 Å². The van der Waals surface area contributed by atoms with Gasteiger partial charge in [0.1, 0.15) is 0 Å². The molecule has 1 N–H and O–H groups in total. The number of rotatable bonds is 3. The molecule has 10 heteroatoms. The summed E-state index contributed by atoms with van der Waals surface area (Å²) in [5.74, 6) is 0. The summed E-state index contributed by atoms with van der Waals surface area (Å²) in [7, 11) is -3.85. The number of nitrogens with zero attached hydrogens (tertiary/aromatic N) is 3. The lowest BCUT2D eigenvalue weighted by atomic mass is 10.4. The lowest BCUT2D eigenvalue weighted by molar-refractivity contribution is 0.596. The molecule has 0 atom stereocenters. The molecule has 20 heavy (non-hydrogen) atoms. The van der Waals surface area contributed by atoms with Crippen molar-refractivity contribution in [3.05, 3.63) is 39.7 Å². The Bertz CT molecular complexity index is 890. The van der Waals surface area contributed by atoms with E-state index >= 15 is 0 Å². The van der Waals surface area contributed by atoms with Crippen LogP contribution in [0.4, 0.5) is 5.69 Å². The van der Waals surface area contributed by atoms with E-state index < -0.39 is 10.0 Å². The number of nitrogens with one attached hydrogen (secondary N) is 1. The third kappa shape index (κ3) is 2.30. The molecule has 0 unspecified atom stereocenters. The zero-order chi connectivity index (χ0) is 14.3. The molecule has 104 valence electrons. The van der Waals surface area contributed by atoms with Gasteiger partial charge in [0, 0.05) is 24.0 Å². The van der Waals surface area contributed by atoms with Crippen LogP contribution in [-0.4, -0.2) is 22.8 Å². The number of aromatic nitrogens is 3. The molecule has 0 amide bonds. The van der Waals surface area contributed by atoms with E-state index in [4.69, 9.17) is 11.6 Å². The van der Waals surface area contributed by atoms with Crippen molar-refractivity contribution in [3.63, 3.8) is 0 Å². The van der Waals surface area contributed by atoms with E-state index in [0.29, 0.717) is 15.1 Å². The van der Waals surface area contributed by atoms with Crippen molar-refractivity contribution in [2.24, 2.45) is 0 Å². The number of thiazole rings is 1. The highest BCUT2D eigenvalue weighted by molar-refractivity contribution is 9.10. The molecule has 3 heterocycles. The van der Waals surface area contributed by atoms with Crippen molar-refractivity contribution in [2.75, 3.05) is 4.72 Å². The van der Waals surface area contributed by atoms with E-state index in [2.05, 4.69) is 30.6 Å². The first-order valence-corrected chi connectivity index (χ1v) is 8.76. The van der Waals surface area contributed by atoms with Gasteiger partial charge in [0.05, 0.1) is 10.2 Å². The van der Waals surface area contributed by atoms with Crippen molar-refractivity contribution in [1.29, 1.82) is 0 Å². The molecule has 0 saturated carbocycles. The van der Waals surface area contributed by atoms with Crippen LogP contribution in [0.15, 0.2) is 39.5 Å². The van der Waals surface area contributed by atoms with Gasteiger partial charge >= 0.3 is 0 Å². The maximum Gasteiger partial charge on any atom is 0.281 e. The van der Waals surface area contributed by atoms with Gasteiger partial charge < -0.3 is 0 Å². The number of pyridine rings is 1. The Morgan fingerprint density at radius 1 is 1.45 bits per heavy atom. The zero-order valence-corrected chi connectivity index (χ0v) is 13.6. The number of halogens is 2. The Morgan fingerprint density at radius 2 is 2.25 bits per heavy atom. The second-order valence-corrected chi connectivity index (χ2v) is 7.41. The molecular weight excluding hydrogens is 388 g/mol. The van der Waals surface area contributed by atoms with Crippen molar-refractivity contribution in [2.45, 2.75) is 5.03 Å². The van der Waals surface area contributed by atoms with Gasteiger partial charge in [-0.1, -0.05) is 11.6 Å². The second-order valence-electron chi connectivity index (χ2n) is 3.72. The number of imidazole rings is 1. The third-order valence-corrected chi connectivity index (χ3v) is 5.60. The predicted molar refractivity (Wildman–Crippen MR) is 80.8 cm³/mol. The molecule has 0 spiro atoms. The number of hydrogen-bond acceptors (Lipinski definition) is 5. The maximum absolute atomic E-state index is 12.5. The fourth-order valence-corrected chi connectivity index (χ4v) is 4.65. The summed E-state index contributed by atoms with van der Waals surface area (Å²) in [6, 6.07) is 1.54. The van der Waals surface area contributed by atoms with Gasteiger partial charge in [0.2, 0.25) is 0 Å². The summed E-state index contributed by atoms with van der Waals surface area (Å²) < 4.78 is 29.3. The van der Waals surface area contributed by atoms with E-state index in [1.54, 1.807) is 17.6 Å².